The lowest BCUT2D eigenvalue weighted by molar-refractivity contribution is -0.116. The highest BCUT2D eigenvalue weighted by atomic mass is 32.2. The van der Waals surface area contributed by atoms with Gasteiger partial charge in [-0.15, -0.1) is 0 Å². The molecule has 0 unspecified atom stereocenters. The number of carbonyl (C=O) groups is 3. The molecule has 0 aromatic heterocycles. The number of rotatable bonds is 9. The summed E-state index contributed by atoms with van der Waals surface area (Å²) in [7, 11) is -1.24. The summed E-state index contributed by atoms with van der Waals surface area (Å²) in [6, 6.07) is 8.80. The van der Waals surface area contributed by atoms with Crippen molar-refractivity contribution in [1.29, 1.82) is 0 Å². The molecule has 0 aliphatic carbocycles. The SMILES string of the molecule is COC(=O)c1ccc(C(=O)OC)c(NC(=O)CCCN(c2ccc3c(c2)OCO3)S(C)(=O)=O)c1. The van der Waals surface area contributed by atoms with E-state index in [0.29, 0.717) is 17.2 Å². The molecular formula is C22H24N2O9S. The van der Waals surface area contributed by atoms with E-state index in [2.05, 4.69) is 10.1 Å². The third-order valence-electron chi connectivity index (χ3n) is 4.93. The van der Waals surface area contributed by atoms with E-state index >= 15 is 0 Å². The van der Waals surface area contributed by atoms with Crippen molar-refractivity contribution >= 4 is 39.2 Å². The van der Waals surface area contributed by atoms with Gasteiger partial charge in [-0.25, -0.2) is 18.0 Å². The monoisotopic (exact) mass is 492 g/mol. The average Bonchev–Trinajstić information content (AvgIpc) is 3.27. The van der Waals surface area contributed by atoms with Gasteiger partial charge in [0.15, 0.2) is 11.5 Å². The second-order valence-electron chi connectivity index (χ2n) is 7.27. The van der Waals surface area contributed by atoms with Crippen LogP contribution in [0.2, 0.25) is 0 Å². The molecule has 3 rings (SSSR count). The molecule has 182 valence electrons. The number of nitrogens with zero attached hydrogens (tertiary/aromatic N) is 1. The highest BCUT2D eigenvalue weighted by molar-refractivity contribution is 7.92. The molecular weight excluding hydrogens is 468 g/mol. The summed E-state index contributed by atoms with van der Waals surface area (Å²) in [5, 5.41) is 2.58. The van der Waals surface area contributed by atoms with Crippen molar-refractivity contribution in [1.82, 2.24) is 0 Å². The molecule has 11 nitrogen and oxygen atoms in total. The van der Waals surface area contributed by atoms with E-state index in [9.17, 15) is 22.8 Å². The highest BCUT2D eigenvalue weighted by Crippen LogP contribution is 2.36. The second-order valence-corrected chi connectivity index (χ2v) is 9.17. The van der Waals surface area contributed by atoms with Crippen molar-refractivity contribution in [3.8, 4) is 11.5 Å². The summed E-state index contributed by atoms with van der Waals surface area (Å²) in [6.07, 6.45) is 1.19. The van der Waals surface area contributed by atoms with Crippen LogP contribution in [0.1, 0.15) is 33.6 Å². The molecule has 0 radical (unpaired) electrons. The van der Waals surface area contributed by atoms with Crippen LogP contribution in [-0.4, -0.2) is 60.1 Å². The van der Waals surface area contributed by atoms with Gasteiger partial charge in [-0.2, -0.15) is 0 Å². The van der Waals surface area contributed by atoms with Crippen LogP contribution < -0.4 is 19.1 Å². The third-order valence-corrected chi connectivity index (χ3v) is 6.12. The maximum absolute atomic E-state index is 12.6. The van der Waals surface area contributed by atoms with Gasteiger partial charge in [-0.3, -0.25) is 9.10 Å². The van der Waals surface area contributed by atoms with Gasteiger partial charge in [0.2, 0.25) is 22.7 Å². The Hall–Kier alpha value is -3.80. The molecule has 2 aromatic rings. The molecule has 34 heavy (non-hydrogen) atoms. The highest BCUT2D eigenvalue weighted by Gasteiger charge is 2.22. The van der Waals surface area contributed by atoms with Gasteiger partial charge in [-0.1, -0.05) is 0 Å². The lowest BCUT2D eigenvalue weighted by Gasteiger charge is -2.22. The maximum Gasteiger partial charge on any atom is 0.339 e. The van der Waals surface area contributed by atoms with Crippen LogP contribution >= 0.6 is 0 Å². The molecule has 1 N–H and O–H groups in total. The molecule has 0 saturated heterocycles. The number of hydrogen-bond donors (Lipinski definition) is 1. The largest absolute Gasteiger partial charge is 0.465 e. The van der Waals surface area contributed by atoms with Crippen LogP contribution in [0, 0.1) is 0 Å². The zero-order valence-corrected chi connectivity index (χ0v) is 19.6. The quantitative estimate of drug-likeness (QED) is 0.522. The molecule has 0 bridgehead atoms. The van der Waals surface area contributed by atoms with Crippen LogP contribution in [0.5, 0.6) is 11.5 Å². The van der Waals surface area contributed by atoms with Crippen LogP contribution in [0.25, 0.3) is 0 Å². The van der Waals surface area contributed by atoms with Gasteiger partial charge >= 0.3 is 11.9 Å². The van der Waals surface area contributed by atoms with Crippen molar-refractivity contribution in [2.75, 3.05) is 43.4 Å². The molecule has 1 amide bonds. The van der Waals surface area contributed by atoms with Crippen LogP contribution in [0.3, 0.4) is 0 Å². The number of sulfonamides is 1. The number of fused-ring (bicyclic) bond motifs is 1. The molecule has 1 heterocycles. The van der Waals surface area contributed by atoms with E-state index in [1.54, 1.807) is 18.2 Å². The standard InChI is InChI=1S/C22H24N2O9S/c1-30-21(26)14-6-8-16(22(27)31-2)17(11-14)23-20(25)5-4-10-24(34(3,28)29)15-7-9-18-19(12-15)33-13-32-18/h6-9,11-12H,4-5,10,13H2,1-3H3,(H,23,25). The molecule has 0 atom stereocenters. The van der Waals surface area contributed by atoms with E-state index in [1.165, 1.54) is 36.7 Å². The van der Waals surface area contributed by atoms with E-state index in [-0.39, 0.29) is 43.0 Å². The molecule has 1 aliphatic rings. The van der Waals surface area contributed by atoms with E-state index in [1.807, 2.05) is 0 Å². The van der Waals surface area contributed by atoms with Gasteiger partial charge in [-0.05, 0) is 36.8 Å². The van der Waals surface area contributed by atoms with Gasteiger partial charge in [0, 0.05) is 19.0 Å². The maximum atomic E-state index is 12.6. The van der Waals surface area contributed by atoms with Crippen molar-refractivity contribution in [2.24, 2.45) is 0 Å². The summed E-state index contributed by atoms with van der Waals surface area (Å²) in [5.74, 6) is -0.861. The number of amides is 1. The lowest BCUT2D eigenvalue weighted by Crippen LogP contribution is -2.31. The van der Waals surface area contributed by atoms with Crippen LogP contribution in [0.15, 0.2) is 36.4 Å². The predicted octanol–water partition coefficient (Wildman–Crippen LogP) is 2.17. The minimum atomic E-state index is -3.64. The zero-order valence-electron chi connectivity index (χ0n) is 18.8. The number of ether oxygens (including phenoxy) is 4. The Balaban J connectivity index is 1.70. The lowest BCUT2D eigenvalue weighted by atomic mass is 10.1. The smallest absolute Gasteiger partial charge is 0.339 e. The topological polar surface area (TPSA) is 138 Å². The molecule has 12 heteroatoms. The Morgan fingerprint density at radius 1 is 1.00 bits per heavy atom. The van der Waals surface area contributed by atoms with Crippen LogP contribution in [-0.2, 0) is 24.3 Å². The minimum Gasteiger partial charge on any atom is -0.465 e. The molecule has 0 fully saturated rings. The summed E-state index contributed by atoms with van der Waals surface area (Å²) in [6.45, 7) is 0.0839. The predicted molar refractivity (Wildman–Crippen MR) is 122 cm³/mol. The van der Waals surface area contributed by atoms with E-state index in [0.717, 1.165) is 6.26 Å². The minimum absolute atomic E-state index is 0.0258. The Labute approximate surface area is 196 Å². The van der Waals surface area contributed by atoms with E-state index < -0.39 is 27.9 Å². The first kappa shape index (κ1) is 24.8. The first-order valence-electron chi connectivity index (χ1n) is 10.1. The fraction of sp³-hybridized carbons (Fsp3) is 0.318. The number of nitrogens with one attached hydrogen (secondary N) is 1. The van der Waals surface area contributed by atoms with Gasteiger partial charge in [0.25, 0.3) is 0 Å². The average molecular weight is 493 g/mol. The van der Waals surface area contributed by atoms with Gasteiger partial charge in [0.05, 0.1) is 43.0 Å². The normalized spacial score (nSPS) is 12.1. The fourth-order valence-electron chi connectivity index (χ4n) is 3.30. The third kappa shape index (κ3) is 5.76. The molecule has 0 saturated carbocycles. The van der Waals surface area contributed by atoms with Crippen molar-refractivity contribution in [3.05, 3.63) is 47.5 Å². The fourth-order valence-corrected chi connectivity index (χ4v) is 4.26. The van der Waals surface area contributed by atoms with Gasteiger partial charge in [0.1, 0.15) is 0 Å². The Morgan fingerprint density at radius 3 is 2.38 bits per heavy atom. The molecule has 1 aliphatic heterocycles. The Kier molecular flexibility index (Phi) is 7.61. The summed E-state index contributed by atoms with van der Waals surface area (Å²) < 4.78 is 45.8. The van der Waals surface area contributed by atoms with Crippen molar-refractivity contribution in [3.63, 3.8) is 0 Å². The summed E-state index contributed by atoms with van der Waals surface area (Å²) in [5.41, 5.74) is 0.652. The number of carbonyl (C=O) groups excluding carboxylic acids is 3. The number of hydrogen-bond acceptors (Lipinski definition) is 9. The summed E-state index contributed by atoms with van der Waals surface area (Å²) in [4.78, 5) is 36.4. The molecule has 2 aromatic carbocycles. The Bertz CT molecular complexity index is 1210. The number of benzene rings is 2. The van der Waals surface area contributed by atoms with Gasteiger partial charge < -0.3 is 24.3 Å². The van der Waals surface area contributed by atoms with Crippen molar-refractivity contribution < 1.29 is 41.7 Å². The van der Waals surface area contributed by atoms with Crippen LogP contribution in [0.4, 0.5) is 11.4 Å². The number of esters is 2. The second kappa shape index (κ2) is 10.4. The van der Waals surface area contributed by atoms with E-state index in [4.69, 9.17) is 14.2 Å². The summed E-state index contributed by atoms with van der Waals surface area (Å²) >= 11 is 0. The molecule has 0 spiro atoms. The number of methoxy groups -OCH3 is 2. The zero-order chi connectivity index (χ0) is 24.9. The first-order valence-corrected chi connectivity index (χ1v) is 12.0. The first-order chi connectivity index (χ1) is 16.1. The van der Waals surface area contributed by atoms with Crippen molar-refractivity contribution in [2.45, 2.75) is 12.8 Å². The number of anilines is 2. The Morgan fingerprint density at radius 2 is 1.71 bits per heavy atom.